The number of benzene rings is 2. The molecule has 2 N–H and O–H groups in total. The molecule has 3 rings (SSSR count). The van der Waals surface area contributed by atoms with E-state index in [0.29, 0.717) is 0 Å². The molecule has 0 fully saturated rings. The van der Waals surface area contributed by atoms with E-state index < -0.39 is 57.1 Å². The third-order valence-electron chi connectivity index (χ3n) is 5.34. The average Bonchev–Trinajstić information content (AvgIpc) is 2.88. The van der Waals surface area contributed by atoms with Gasteiger partial charge in [-0.05, 0) is 63.9 Å². The number of amides is 2. The fraction of sp³-hybridized carbons (Fsp3) is 0.208. The number of pyridine rings is 1. The second-order valence-corrected chi connectivity index (χ2v) is 9.22. The monoisotopic (exact) mass is 675 g/mol. The number of hydrogen-bond acceptors (Lipinski definition) is 5. The summed E-state index contributed by atoms with van der Waals surface area (Å²) < 4.78 is 117. The molecule has 0 aliphatic rings. The molecule has 220 valence electrons. The standard InChI is InChI=1S/C24H15BrClF8N3O4/c1-40-18-13(3-2-4-15(18)36-19(38)11-5-7-35-8-6-11)20(39)37-17-14(25)9-12(10-16(17)41-21(27)28)22(29,23(26,30)31)24(32,33)34/h2-10,21H,1H3,(H,36,38)(H,37,39). The number of nitrogens with zero attached hydrogens (tertiary/aromatic N) is 1. The number of ether oxygens (including phenoxy) is 2. The van der Waals surface area contributed by atoms with E-state index in [1.165, 1.54) is 42.7 Å². The lowest BCUT2D eigenvalue weighted by Gasteiger charge is -2.32. The van der Waals surface area contributed by atoms with Crippen molar-refractivity contribution in [3.05, 3.63) is 76.0 Å². The lowest BCUT2D eigenvalue weighted by molar-refractivity contribution is -0.286. The van der Waals surface area contributed by atoms with E-state index in [0.717, 1.165) is 7.11 Å². The Morgan fingerprint density at radius 2 is 1.61 bits per heavy atom. The lowest BCUT2D eigenvalue weighted by atomic mass is 9.94. The van der Waals surface area contributed by atoms with Gasteiger partial charge in [-0.2, -0.15) is 30.7 Å². The van der Waals surface area contributed by atoms with Gasteiger partial charge < -0.3 is 20.1 Å². The zero-order valence-electron chi connectivity index (χ0n) is 20.1. The van der Waals surface area contributed by atoms with Crippen LogP contribution in [-0.4, -0.2) is 42.1 Å². The number of carbonyl (C=O) groups excluding carboxylic acids is 2. The highest BCUT2D eigenvalue weighted by atomic mass is 79.9. The van der Waals surface area contributed by atoms with Gasteiger partial charge in [0.1, 0.15) is 0 Å². The minimum Gasteiger partial charge on any atom is -0.494 e. The first kappa shape index (κ1) is 31.9. The number of alkyl halides is 9. The third kappa shape index (κ3) is 6.64. The molecule has 0 bridgehead atoms. The van der Waals surface area contributed by atoms with Crippen molar-refractivity contribution in [3.63, 3.8) is 0 Å². The summed E-state index contributed by atoms with van der Waals surface area (Å²) in [5, 5.41) is -1.00. The van der Waals surface area contributed by atoms with E-state index in [-0.39, 0.29) is 34.7 Å². The average molecular weight is 677 g/mol. The summed E-state index contributed by atoms with van der Waals surface area (Å²) in [5.41, 5.74) is -8.37. The smallest absolute Gasteiger partial charge is 0.434 e. The molecule has 1 atom stereocenters. The SMILES string of the molecule is COc1c(NC(=O)c2ccncc2)cccc1C(=O)Nc1c(Br)cc(C(F)(C(F)(F)F)C(F)(F)Cl)cc1OC(F)F. The van der Waals surface area contributed by atoms with Gasteiger partial charge in [-0.1, -0.05) is 6.07 Å². The van der Waals surface area contributed by atoms with Crippen molar-refractivity contribution in [3.8, 4) is 11.5 Å². The van der Waals surface area contributed by atoms with Crippen molar-refractivity contribution >= 4 is 50.7 Å². The summed E-state index contributed by atoms with van der Waals surface area (Å²) in [6, 6.07) is 6.70. The zero-order chi connectivity index (χ0) is 30.8. The van der Waals surface area contributed by atoms with Gasteiger partial charge in [0.05, 0.1) is 24.0 Å². The normalized spacial score (nSPS) is 13.4. The van der Waals surface area contributed by atoms with Crippen LogP contribution in [0.25, 0.3) is 0 Å². The van der Waals surface area contributed by atoms with Crippen molar-refractivity contribution in [1.82, 2.24) is 4.98 Å². The Labute approximate surface area is 238 Å². The summed E-state index contributed by atoms with van der Waals surface area (Å²) in [7, 11) is 1.13. The van der Waals surface area contributed by atoms with E-state index in [1.807, 2.05) is 0 Å². The predicted molar refractivity (Wildman–Crippen MR) is 134 cm³/mol. The highest BCUT2D eigenvalue weighted by molar-refractivity contribution is 9.10. The van der Waals surface area contributed by atoms with Crippen LogP contribution in [0.1, 0.15) is 26.3 Å². The Morgan fingerprint density at radius 1 is 0.976 bits per heavy atom. The maximum absolute atomic E-state index is 14.9. The van der Waals surface area contributed by atoms with E-state index in [2.05, 4.69) is 47.9 Å². The van der Waals surface area contributed by atoms with Crippen LogP contribution >= 0.6 is 27.5 Å². The fourth-order valence-electron chi connectivity index (χ4n) is 3.49. The Bertz CT molecular complexity index is 1420. The van der Waals surface area contributed by atoms with Crippen molar-refractivity contribution < 1.29 is 54.2 Å². The molecule has 1 aromatic heterocycles. The lowest BCUT2D eigenvalue weighted by Crippen LogP contribution is -2.49. The number of hydrogen-bond donors (Lipinski definition) is 2. The van der Waals surface area contributed by atoms with Gasteiger partial charge in [0.2, 0.25) is 0 Å². The predicted octanol–water partition coefficient (Wildman–Crippen LogP) is 7.52. The summed E-state index contributed by atoms with van der Waals surface area (Å²) >= 11 is 7.12. The van der Waals surface area contributed by atoms with E-state index in [1.54, 1.807) is 0 Å². The van der Waals surface area contributed by atoms with E-state index in [4.69, 9.17) is 4.74 Å². The van der Waals surface area contributed by atoms with Crippen LogP contribution in [0.3, 0.4) is 0 Å². The van der Waals surface area contributed by atoms with Crippen molar-refractivity contribution in [1.29, 1.82) is 0 Å². The van der Waals surface area contributed by atoms with Crippen molar-refractivity contribution in [2.75, 3.05) is 17.7 Å². The number of nitrogens with one attached hydrogen (secondary N) is 2. The highest BCUT2D eigenvalue weighted by Crippen LogP contribution is 2.56. The molecule has 1 heterocycles. The van der Waals surface area contributed by atoms with Crippen LogP contribution in [0.4, 0.5) is 46.5 Å². The summed E-state index contributed by atoms with van der Waals surface area (Å²) in [6.45, 7) is -3.74. The second-order valence-electron chi connectivity index (χ2n) is 7.89. The molecule has 0 saturated heterocycles. The number of rotatable bonds is 9. The first-order chi connectivity index (χ1) is 19.0. The first-order valence-corrected chi connectivity index (χ1v) is 12.0. The molecule has 7 nitrogen and oxygen atoms in total. The molecule has 1 unspecified atom stereocenters. The minimum atomic E-state index is -6.31. The zero-order valence-corrected chi connectivity index (χ0v) is 22.5. The van der Waals surface area contributed by atoms with Crippen LogP contribution < -0.4 is 20.1 Å². The number of carbonyl (C=O) groups is 2. The number of anilines is 2. The molecule has 0 aliphatic carbocycles. The number of halogens is 10. The number of para-hydroxylation sites is 1. The van der Waals surface area contributed by atoms with Crippen LogP contribution in [0.15, 0.2) is 59.3 Å². The quantitative estimate of drug-likeness (QED) is 0.181. The summed E-state index contributed by atoms with van der Waals surface area (Å²) in [4.78, 5) is 29.4. The fourth-order valence-corrected chi connectivity index (χ4v) is 4.25. The van der Waals surface area contributed by atoms with Crippen LogP contribution in [0.5, 0.6) is 11.5 Å². The molecule has 0 saturated carbocycles. The molecule has 0 aliphatic heterocycles. The molecule has 17 heteroatoms. The largest absolute Gasteiger partial charge is 0.494 e. The van der Waals surface area contributed by atoms with Gasteiger partial charge in [-0.25, -0.2) is 4.39 Å². The van der Waals surface area contributed by atoms with E-state index >= 15 is 0 Å². The van der Waals surface area contributed by atoms with Crippen molar-refractivity contribution in [2.45, 2.75) is 23.8 Å². The molecular weight excluding hydrogens is 662 g/mol. The topological polar surface area (TPSA) is 89.5 Å². The Morgan fingerprint density at radius 3 is 2.15 bits per heavy atom. The Hall–Kier alpha value is -3.66. The van der Waals surface area contributed by atoms with Crippen LogP contribution in [0, 0.1) is 0 Å². The minimum absolute atomic E-state index is 0.0165. The number of methoxy groups -OCH3 is 1. The maximum Gasteiger partial charge on any atom is 0.434 e. The van der Waals surface area contributed by atoms with Gasteiger partial charge in [0.25, 0.3) is 11.8 Å². The van der Waals surface area contributed by atoms with Gasteiger partial charge in [-0.3, -0.25) is 14.6 Å². The van der Waals surface area contributed by atoms with Gasteiger partial charge in [-0.15, -0.1) is 0 Å². The summed E-state index contributed by atoms with van der Waals surface area (Å²) in [6.07, 6.45) is -3.60. The Balaban J connectivity index is 2.05. The van der Waals surface area contributed by atoms with Gasteiger partial charge >= 0.3 is 23.8 Å². The second kappa shape index (κ2) is 12.1. The van der Waals surface area contributed by atoms with Crippen LogP contribution in [-0.2, 0) is 5.67 Å². The third-order valence-corrected chi connectivity index (χ3v) is 6.23. The summed E-state index contributed by atoms with van der Waals surface area (Å²) in [5.74, 6) is -3.30. The van der Waals surface area contributed by atoms with E-state index in [9.17, 15) is 44.7 Å². The molecule has 41 heavy (non-hydrogen) atoms. The highest BCUT2D eigenvalue weighted by Gasteiger charge is 2.72. The maximum atomic E-state index is 14.9. The number of aromatic nitrogens is 1. The molecule has 0 radical (unpaired) electrons. The molecule has 2 aromatic carbocycles. The van der Waals surface area contributed by atoms with Gasteiger partial charge in [0, 0.05) is 28.0 Å². The molecule has 3 aromatic rings. The van der Waals surface area contributed by atoms with Crippen molar-refractivity contribution in [2.24, 2.45) is 0 Å². The molecular formula is C24H15BrClF8N3O4. The Kier molecular flexibility index (Phi) is 9.37. The molecule has 2 amide bonds. The first-order valence-electron chi connectivity index (χ1n) is 10.8. The van der Waals surface area contributed by atoms with Gasteiger partial charge in [0.15, 0.2) is 11.5 Å². The molecule has 0 spiro atoms. The van der Waals surface area contributed by atoms with Crippen LogP contribution in [0.2, 0.25) is 0 Å².